The number of hydrogen-bond donors (Lipinski definition) is 1. The SMILES string of the molecule is COc1ccc(C2=NN(C3=NC(=O)[C@H](CC(=O)Nc4ccc(F)c(F)c4)S3)[C@H](c3ccc(Cl)cc3)C2)cc1. The minimum Gasteiger partial charge on any atom is -0.497 e. The summed E-state index contributed by atoms with van der Waals surface area (Å²) in [6, 6.07) is 17.7. The second kappa shape index (κ2) is 10.9. The van der Waals surface area contributed by atoms with Gasteiger partial charge >= 0.3 is 0 Å². The number of amidine groups is 1. The van der Waals surface area contributed by atoms with Gasteiger partial charge in [-0.3, -0.25) is 9.59 Å². The summed E-state index contributed by atoms with van der Waals surface area (Å²) in [4.78, 5) is 29.5. The van der Waals surface area contributed by atoms with Crippen molar-refractivity contribution in [1.82, 2.24) is 5.01 Å². The zero-order valence-corrected chi connectivity index (χ0v) is 21.6. The topological polar surface area (TPSA) is 83.4 Å². The van der Waals surface area contributed by atoms with Crippen LogP contribution in [-0.4, -0.2) is 40.1 Å². The number of nitrogens with one attached hydrogen (secondary N) is 1. The Morgan fingerprint density at radius 3 is 2.53 bits per heavy atom. The molecule has 7 nitrogen and oxygen atoms in total. The fraction of sp³-hybridized carbons (Fsp3) is 0.185. The van der Waals surface area contributed by atoms with E-state index in [1.807, 2.05) is 36.4 Å². The van der Waals surface area contributed by atoms with E-state index in [1.54, 1.807) is 24.3 Å². The van der Waals surface area contributed by atoms with Gasteiger partial charge in [-0.05, 0) is 59.7 Å². The summed E-state index contributed by atoms with van der Waals surface area (Å²) in [6.45, 7) is 0. The zero-order chi connectivity index (χ0) is 26.8. The van der Waals surface area contributed by atoms with Crippen molar-refractivity contribution in [3.63, 3.8) is 0 Å². The molecular weight excluding hydrogens is 534 g/mol. The molecule has 0 saturated heterocycles. The molecule has 38 heavy (non-hydrogen) atoms. The molecular formula is C27H21ClF2N4O3S. The lowest BCUT2D eigenvalue weighted by Gasteiger charge is -2.23. The highest BCUT2D eigenvalue weighted by molar-refractivity contribution is 8.15. The molecule has 2 aliphatic heterocycles. The van der Waals surface area contributed by atoms with Gasteiger partial charge in [-0.1, -0.05) is 35.5 Å². The van der Waals surface area contributed by atoms with Crippen molar-refractivity contribution in [2.75, 3.05) is 12.4 Å². The standard InChI is InChI=1S/C27H21ClF2N4O3S/c1-37-19-9-4-15(5-10-19)22-13-23(16-2-6-17(28)7-3-16)34(33-22)27-32-26(36)24(38-27)14-25(35)31-18-8-11-20(29)21(30)12-18/h2-12,23-24H,13-14H2,1H3,(H,31,35)/t23-,24-/m0/s1. The normalized spacial score (nSPS) is 18.8. The van der Waals surface area contributed by atoms with Gasteiger partial charge in [0.1, 0.15) is 11.0 Å². The van der Waals surface area contributed by atoms with Crippen LogP contribution < -0.4 is 10.1 Å². The second-order valence-corrected chi connectivity index (χ2v) is 10.2. The number of amides is 2. The number of carbonyl (C=O) groups is 2. The fourth-order valence-corrected chi connectivity index (χ4v) is 5.34. The maximum atomic E-state index is 13.5. The number of benzene rings is 3. The molecule has 11 heteroatoms. The minimum absolute atomic E-state index is 0.0987. The van der Waals surface area contributed by atoms with Gasteiger partial charge in [0.2, 0.25) is 5.91 Å². The number of thioether (sulfide) groups is 1. The van der Waals surface area contributed by atoms with Crippen molar-refractivity contribution >= 4 is 51.7 Å². The molecule has 1 N–H and O–H groups in total. The summed E-state index contributed by atoms with van der Waals surface area (Å²) in [5, 5.41) is 9.21. The number of carbonyl (C=O) groups excluding carboxylic acids is 2. The molecule has 3 aromatic carbocycles. The lowest BCUT2D eigenvalue weighted by Crippen LogP contribution is -2.25. The molecule has 0 radical (unpaired) electrons. The largest absolute Gasteiger partial charge is 0.497 e. The Morgan fingerprint density at radius 1 is 1.11 bits per heavy atom. The lowest BCUT2D eigenvalue weighted by atomic mass is 9.98. The first kappa shape index (κ1) is 25.9. The van der Waals surface area contributed by atoms with Crippen molar-refractivity contribution in [3.05, 3.63) is 94.5 Å². The van der Waals surface area contributed by atoms with Crippen LogP contribution in [-0.2, 0) is 9.59 Å². The average Bonchev–Trinajstić information content (AvgIpc) is 3.51. The number of aliphatic imine (C=N–C) groups is 1. The van der Waals surface area contributed by atoms with Crippen LogP contribution in [0.25, 0.3) is 0 Å². The molecule has 0 aromatic heterocycles. The van der Waals surface area contributed by atoms with E-state index >= 15 is 0 Å². The Bertz CT molecular complexity index is 1450. The lowest BCUT2D eigenvalue weighted by molar-refractivity contribution is -0.121. The van der Waals surface area contributed by atoms with Gasteiger partial charge in [-0.2, -0.15) is 10.1 Å². The van der Waals surface area contributed by atoms with Crippen LogP contribution in [0.4, 0.5) is 14.5 Å². The van der Waals surface area contributed by atoms with E-state index in [1.165, 1.54) is 6.07 Å². The average molecular weight is 555 g/mol. The Morgan fingerprint density at radius 2 is 1.84 bits per heavy atom. The molecule has 2 atom stereocenters. The summed E-state index contributed by atoms with van der Waals surface area (Å²) < 4.78 is 31.9. The van der Waals surface area contributed by atoms with Crippen molar-refractivity contribution in [1.29, 1.82) is 0 Å². The van der Waals surface area contributed by atoms with E-state index < -0.39 is 28.7 Å². The van der Waals surface area contributed by atoms with E-state index in [0.29, 0.717) is 16.6 Å². The summed E-state index contributed by atoms with van der Waals surface area (Å²) in [5.41, 5.74) is 2.76. The van der Waals surface area contributed by atoms with Gasteiger partial charge in [-0.15, -0.1) is 0 Å². The summed E-state index contributed by atoms with van der Waals surface area (Å²) in [7, 11) is 1.60. The van der Waals surface area contributed by atoms with Gasteiger partial charge in [0.25, 0.3) is 5.91 Å². The van der Waals surface area contributed by atoms with Gasteiger partial charge < -0.3 is 10.1 Å². The molecule has 3 aromatic rings. The highest BCUT2D eigenvalue weighted by Gasteiger charge is 2.39. The molecule has 2 amide bonds. The third kappa shape index (κ3) is 5.56. The molecule has 2 heterocycles. The van der Waals surface area contributed by atoms with Crippen LogP contribution >= 0.6 is 23.4 Å². The maximum Gasteiger partial charge on any atom is 0.262 e. The molecule has 0 bridgehead atoms. The first-order valence-electron chi connectivity index (χ1n) is 11.6. The molecule has 2 aliphatic rings. The summed E-state index contributed by atoms with van der Waals surface area (Å²) >= 11 is 7.24. The Hall–Kier alpha value is -3.76. The van der Waals surface area contributed by atoms with E-state index in [9.17, 15) is 18.4 Å². The van der Waals surface area contributed by atoms with Crippen LogP contribution in [0.15, 0.2) is 76.8 Å². The van der Waals surface area contributed by atoms with E-state index in [0.717, 1.165) is 46.5 Å². The van der Waals surface area contributed by atoms with Gasteiger partial charge in [0.05, 0.1) is 18.9 Å². The molecule has 0 fully saturated rings. The molecule has 194 valence electrons. The zero-order valence-electron chi connectivity index (χ0n) is 20.0. The molecule has 0 aliphatic carbocycles. The number of hydrogen-bond acceptors (Lipinski definition) is 6. The first-order valence-corrected chi connectivity index (χ1v) is 12.9. The van der Waals surface area contributed by atoms with Crippen LogP contribution in [0, 0.1) is 11.6 Å². The monoisotopic (exact) mass is 554 g/mol. The Labute approximate surface area is 226 Å². The number of anilines is 1. The first-order chi connectivity index (χ1) is 18.3. The predicted molar refractivity (Wildman–Crippen MR) is 144 cm³/mol. The highest BCUT2D eigenvalue weighted by Crippen LogP contribution is 2.39. The molecule has 0 spiro atoms. The minimum atomic E-state index is -1.08. The summed E-state index contributed by atoms with van der Waals surface area (Å²) in [6.07, 6.45) is 0.368. The van der Waals surface area contributed by atoms with Gasteiger partial charge in [0, 0.05) is 29.6 Å². The third-order valence-corrected chi connectivity index (χ3v) is 7.48. The highest BCUT2D eigenvalue weighted by atomic mass is 35.5. The Balaban J connectivity index is 1.34. The van der Waals surface area contributed by atoms with Crippen LogP contribution in [0.3, 0.4) is 0 Å². The summed E-state index contributed by atoms with van der Waals surface area (Å²) in [5.74, 6) is -2.35. The van der Waals surface area contributed by atoms with Crippen molar-refractivity contribution < 1.29 is 23.1 Å². The fourth-order valence-electron chi connectivity index (χ4n) is 4.15. The third-order valence-electron chi connectivity index (χ3n) is 6.09. The molecule has 0 unspecified atom stereocenters. The van der Waals surface area contributed by atoms with E-state index in [-0.39, 0.29) is 18.2 Å². The second-order valence-electron chi connectivity index (χ2n) is 8.61. The number of ether oxygens (including phenoxy) is 1. The van der Waals surface area contributed by atoms with Crippen molar-refractivity contribution in [2.45, 2.75) is 24.1 Å². The molecule has 0 saturated carbocycles. The van der Waals surface area contributed by atoms with Gasteiger partial charge in [0.15, 0.2) is 16.8 Å². The number of nitrogens with zero attached hydrogens (tertiary/aromatic N) is 3. The molecule has 5 rings (SSSR count). The van der Waals surface area contributed by atoms with Crippen LogP contribution in [0.5, 0.6) is 5.75 Å². The number of rotatable bonds is 6. The predicted octanol–water partition coefficient (Wildman–Crippen LogP) is 5.80. The van der Waals surface area contributed by atoms with Crippen LogP contribution in [0.2, 0.25) is 5.02 Å². The van der Waals surface area contributed by atoms with Crippen LogP contribution in [0.1, 0.15) is 30.0 Å². The maximum absolute atomic E-state index is 13.5. The van der Waals surface area contributed by atoms with E-state index in [2.05, 4.69) is 10.3 Å². The smallest absolute Gasteiger partial charge is 0.262 e. The van der Waals surface area contributed by atoms with Crippen molar-refractivity contribution in [2.24, 2.45) is 10.1 Å². The number of halogens is 3. The number of methoxy groups -OCH3 is 1. The van der Waals surface area contributed by atoms with Crippen molar-refractivity contribution in [3.8, 4) is 5.75 Å². The number of hydrazone groups is 1. The van der Waals surface area contributed by atoms with Gasteiger partial charge in [-0.25, -0.2) is 13.8 Å². The quantitative estimate of drug-likeness (QED) is 0.416. The van der Waals surface area contributed by atoms with E-state index in [4.69, 9.17) is 21.4 Å². The Kier molecular flexibility index (Phi) is 7.44.